The lowest BCUT2D eigenvalue weighted by Gasteiger charge is -2.31. The summed E-state index contributed by atoms with van der Waals surface area (Å²) in [5, 5.41) is 6.88. The quantitative estimate of drug-likeness (QED) is 0.818. The van der Waals surface area contributed by atoms with Crippen LogP contribution in [0.3, 0.4) is 0 Å². The molecule has 1 aliphatic rings. The molecule has 5 nitrogen and oxygen atoms in total. The molecule has 1 N–H and O–H groups in total. The van der Waals surface area contributed by atoms with Crippen LogP contribution in [0.2, 0.25) is 0 Å². The Labute approximate surface area is 119 Å². The summed E-state index contributed by atoms with van der Waals surface area (Å²) < 4.78 is 58.9. The van der Waals surface area contributed by atoms with E-state index >= 15 is 0 Å². The minimum Gasteiger partial charge on any atom is -0.367 e. The van der Waals surface area contributed by atoms with Gasteiger partial charge in [-0.05, 0) is 32.7 Å². The van der Waals surface area contributed by atoms with Gasteiger partial charge >= 0.3 is 12.3 Å². The highest BCUT2D eigenvalue weighted by Crippen LogP contribution is 2.28. The third-order valence-electron chi connectivity index (χ3n) is 3.40. The maximum Gasteiger partial charge on any atom is 0.330 e. The molecule has 1 unspecified atom stereocenters. The minimum atomic E-state index is -4.18. The lowest BCUT2D eigenvalue weighted by molar-refractivity contribution is -0.168. The lowest BCUT2D eigenvalue weighted by atomic mass is 9.91. The second kappa shape index (κ2) is 6.27. The molecule has 21 heavy (non-hydrogen) atoms. The van der Waals surface area contributed by atoms with Crippen molar-refractivity contribution in [3.63, 3.8) is 0 Å². The maximum atomic E-state index is 12.7. The fraction of sp³-hybridized carbons (Fsp3) is 0.833. The summed E-state index contributed by atoms with van der Waals surface area (Å²) >= 11 is 0. The van der Waals surface area contributed by atoms with Crippen molar-refractivity contribution in [3.8, 4) is 0 Å². The van der Waals surface area contributed by atoms with Crippen LogP contribution in [-0.4, -0.2) is 35.6 Å². The molecule has 1 aliphatic heterocycles. The van der Waals surface area contributed by atoms with E-state index in [1.165, 1.54) is 0 Å². The van der Waals surface area contributed by atoms with Gasteiger partial charge in [0, 0.05) is 0 Å². The van der Waals surface area contributed by atoms with Crippen molar-refractivity contribution >= 4 is 0 Å². The molecular formula is C12H17F4N3O2. The Morgan fingerprint density at radius 1 is 1.43 bits per heavy atom. The first kappa shape index (κ1) is 16.2. The van der Waals surface area contributed by atoms with Gasteiger partial charge in [-0.25, -0.2) is 8.78 Å². The number of halogens is 4. The van der Waals surface area contributed by atoms with Crippen LogP contribution in [0.25, 0.3) is 0 Å². The van der Waals surface area contributed by atoms with E-state index in [0.717, 1.165) is 25.8 Å². The summed E-state index contributed by atoms with van der Waals surface area (Å²) in [6.45, 7) is 0.951. The van der Waals surface area contributed by atoms with Gasteiger partial charge in [-0.3, -0.25) is 0 Å². The number of nitrogens with zero attached hydrogens (tertiary/aromatic N) is 2. The molecule has 2 heterocycles. The second-order valence-electron chi connectivity index (χ2n) is 5.29. The van der Waals surface area contributed by atoms with Crippen molar-refractivity contribution in [2.45, 2.75) is 50.7 Å². The Kier molecular flexibility index (Phi) is 4.82. The summed E-state index contributed by atoms with van der Waals surface area (Å²) in [4.78, 5) is 4.07. The van der Waals surface area contributed by atoms with E-state index in [9.17, 15) is 17.6 Å². The molecule has 0 aromatic carbocycles. The third kappa shape index (κ3) is 3.91. The zero-order valence-electron chi connectivity index (χ0n) is 11.5. The molecule has 0 radical (unpaired) electrons. The molecule has 0 saturated carbocycles. The maximum absolute atomic E-state index is 12.7. The number of alkyl halides is 4. The molecule has 120 valence electrons. The van der Waals surface area contributed by atoms with E-state index in [1.807, 2.05) is 6.92 Å². The van der Waals surface area contributed by atoms with Crippen molar-refractivity contribution < 1.29 is 26.8 Å². The van der Waals surface area contributed by atoms with Gasteiger partial charge in [-0.15, -0.1) is 0 Å². The highest BCUT2D eigenvalue weighted by atomic mass is 19.3. The summed E-state index contributed by atoms with van der Waals surface area (Å²) in [5.74, 6) is -3.77. The molecular weight excluding hydrogens is 294 g/mol. The first-order chi connectivity index (χ1) is 9.83. The molecule has 2 rings (SSSR count). The zero-order chi connectivity index (χ0) is 15.5. The smallest absolute Gasteiger partial charge is 0.330 e. The Morgan fingerprint density at radius 2 is 2.19 bits per heavy atom. The predicted octanol–water partition coefficient (Wildman–Crippen LogP) is 2.48. The first-order valence-corrected chi connectivity index (χ1v) is 6.65. The summed E-state index contributed by atoms with van der Waals surface area (Å²) in [7, 11) is 0. The summed E-state index contributed by atoms with van der Waals surface area (Å²) in [5.41, 5.74) is -0.448. The second-order valence-corrected chi connectivity index (χ2v) is 5.29. The highest BCUT2D eigenvalue weighted by molar-refractivity contribution is 5.02. The third-order valence-corrected chi connectivity index (χ3v) is 3.40. The number of hydrogen-bond acceptors (Lipinski definition) is 5. The minimum absolute atomic E-state index is 0.0589. The SMILES string of the molecule is CC1(c2nc(COCC(F)(F)C(F)F)no2)CCCCN1. The van der Waals surface area contributed by atoms with E-state index < -0.39 is 31.1 Å². The average Bonchev–Trinajstić information content (AvgIpc) is 2.89. The Morgan fingerprint density at radius 3 is 2.81 bits per heavy atom. The molecule has 1 atom stereocenters. The summed E-state index contributed by atoms with van der Waals surface area (Å²) in [6.07, 6.45) is -0.872. The number of nitrogens with one attached hydrogen (secondary N) is 1. The molecule has 1 aromatic rings. The van der Waals surface area contributed by atoms with E-state index in [4.69, 9.17) is 4.52 Å². The van der Waals surface area contributed by atoms with Crippen molar-refractivity contribution in [3.05, 3.63) is 11.7 Å². The van der Waals surface area contributed by atoms with Crippen molar-refractivity contribution in [1.29, 1.82) is 0 Å². The predicted molar refractivity (Wildman–Crippen MR) is 64.1 cm³/mol. The standard InChI is InChI=1S/C12H17F4N3O2/c1-11(4-2-3-5-17-11)10-18-8(19-21-10)6-20-7-12(15,16)9(13)14/h9,17H,2-7H2,1H3. The fourth-order valence-corrected chi connectivity index (χ4v) is 2.12. The van der Waals surface area contributed by atoms with Gasteiger partial charge in [0.05, 0.1) is 5.54 Å². The Balaban J connectivity index is 1.89. The van der Waals surface area contributed by atoms with Gasteiger partial charge in [0.25, 0.3) is 0 Å². The van der Waals surface area contributed by atoms with Crippen LogP contribution in [0.15, 0.2) is 4.52 Å². The highest BCUT2D eigenvalue weighted by Gasteiger charge is 2.41. The molecule has 0 bridgehead atoms. The van der Waals surface area contributed by atoms with E-state index in [2.05, 4.69) is 20.2 Å². The van der Waals surface area contributed by atoms with Crippen LogP contribution < -0.4 is 5.32 Å². The number of aromatic nitrogens is 2. The zero-order valence-corrected chi connectivity index (χ0v) is 11.5. The molecule has 0 aliphatic carbocycles. The lowest BCUT2D eigenvalue weighted by Crippen LogP contribution is -2.43. The number of hydrogen-bond donors (Lipinski definition) is 1. The van der Waals surface area contributed by atoms with Gasteiger partial charge in [-0.1, -0.05) is 5.16 Å². The normalized spacial score (nSPS) is 23.7. The van der Waals surface area contributed by atoms with Crippen LogP contribution >= 0.6 is 0 Å². The molecule has 0 amide bonds. The first-order valence-electron chi connectivity index (χ1n) is 6.65. The van der Waals surface area contributed by atoms with E-state index in [0.29, 0.717) is 5.89 Å². The summed E-state index contributed by atoms with van der Waals surface area (Å²) in [6, 6.07) is 0. The van der Waals surface area contributed by atoms with Crippen molar-refractivity contribution in [1.82, 2.24) is 15.5 Å². The van der Waals surface area contributed by atoms with Crippen LogP contribution in [0.4, 0.5) is 17.6 Å². The van der Waals surface area contributed by atoms with Gasteiger partial charge in [0.15, 0.2) is 5.82 Å². The molecule has 1 aromatic heterocycles. The van der Waals surface area contributed by atoms with Crippen molar-refractivity contribution in [2.24, 2.45) is 0 Å². The Hall–Kier alpha value is -1.22. The van der Waals surface area contributed by atoms with Crippen LogP contribution in [0, 0.1) is 0 Å². The molecule has 1 fully saturated rings. The van der Waals surface area contributed by atoms with Gasteiger partial charge in [0.1, 0.15) is 13.2 Å². The van der Waals surface area contributed by atoms with E-state index in [1.54, 1.807) is 0 Å². The largest absolute Gasteiger partial charge is 0.367 e. The molecule has 0 spiro atoms. The number of rotatable bonds is 6. The van der Waals surface area contributed by atoms with Crippen LogP contribution in [0.1, 0.15) is 37.9 Å². The topological polar surface area (TPSA) is 60.2 Å². The van der Waals surface area contributed by atoms with Crippen molar-refractivity contribution in [2.75, 3.05) is 13.2 Å². The van der Waals surface area contributed by atoms with Crippen LogP contribution in [-0.2, 0) is 16.9 Å². The monoisotopic (exact) mass is 311 g/mol. The fourth-order valence-electron chi connectivity index (χ4n) is 2.12. The average molecular weight is 311 g/mol. The van der Waals surface area contributed by atoms with E-state index in [-0.39, 0.29) is 5.82 Å². The van der Waals surface area contributed by atoms with Gasteiger partial charge < -0.3 is 14.6 Å². The molecule has 1 saturated heterocycles. The number of piperidine rings is 1. The van der Waals surface area contributed by atoms with Gasteiger partial charge in [-0.2, -0.15) is 13.8 Å². The van der Waals surface area contributed by atoms with Gasteiger partial charge in [0.2, 0.25) is 5.89 Å². The molecule has 9 heteroatoms. The number of ether oxygens (including phenoxy) is 1. The van der Waals surface area contributed by atoms with Crippen LogP contribution in [0.5, 0.6) is 0 Å². The Bertz CT molecular complexity index is 461.